The van der Waals surface area contributed by atoms with E-state index in [0.29, 0.717) is 10.7 Å². The van der Waals surface area contributed by atoms with Gasteiger partial charge in [0.15, 0.2) is 0 Å². The van der Waals surface area contributed by atoms with Crippen molar-refractivity contribution in [1.29, 1.82) is 0 Å². The largest absolute Gasteiger partial charge is 0.495 e. The number of anilines is 1. The van der Waals surface area contributed by atoms with Crippen molar-refractivity contribution < 1.29 is 13.2 Å². The summed E-state index contributed by atoms with van der Waals surface area (Å²) >= 11 is 5.99. The zero-order chi connectivity index (χ0) is 23.4. The van der Waals surface area contributed by atoms with E-state index in [1.165, 1.54) is 19.2 Å². The van der Waals surface area contributed by atoms with Crippen LogP contribution in [0.1, 0.15) is 24.7 Å². The summed E-state index contributed by atoms with van der Waals surface area (Å²) in [5.74, 6) is 1.30. The Morgan fingerprint density at radius 3 is 2.52 bits per heavy atom. The van der Waals surface area contributed by atoms with Gasteiger partial charge < -0.3 is 9.30 Å². The molecule has 0 unspecified atom stereocenters. The third-order valence-electron chi connectivity index (χ3n) is 5.44. The van der Waals surface area contributed by atoms with Crippen LogP contribution < -0.4 is 9.46 Å². The number of hydrogen-bond acceptors (Lipinski definition) is 4. The first-order valence-corrected chi connectivity index (χ1v) is 12.7. The summed E-state index contributed by atoms with van der Waals surface area (Å²) in [6.07, 6.45) is 2.65. The summed E-state index contributed by atoms with van der Waals surface area (Å²) in [4.78, 5) is 4.81. The minimum Gasteiger partial charge on any atom is -0.495 e. The minimum atomic E-state index is -3.85. The third kappa shape index (κ3) is 5.15. The van der Waals surface area contributed by atoms with Gasteiger partial charge in [-0.05, 0) is 60.9 Å². The number of halogens is 1. The number of nitrogens with one attached hydrogen (secondary N) is 1. The number of aryl methyl sites for hydroxylation is 3. The fourth-order valence-electron chi connectivity index (χ4n) is 3.86. The lowest BCUT2D eigenvalue weighted by Gasteiger charge is -2.12. The average molecular weight is 484 g/mol. The number of benzene rings is 3. The first kappa shape index (κ1) is 23.1. The Labute approximate surface area is 199 Å². The van der Waals surface area contributed by atoms with E-state index < -0.39 is 10.0 Å². The Morgan fingerprint density at radius 2 is 1.79 bits per heavy atom. The number of aromatic nitrogens is 2. The van der Waals surface area contributed by atoms with Gasteiger partial charge in [0.05, 0.1) is 18.1 Å². The van der Waals surface area contributed by atoms with E-state index in [4.69, 9.17) is 21.3 Å². The average Bonchev–Trinajstić information content (AvgIpc) is 3.16. The van der Waals surface area contributed by atoms with Crippen LogP contribution in [0.15, 0.2) is 71.6 Å². The second kappa shape index (κ2) is 9.85. The number of nitrogens with zero attached hydrogens (tertiary/aromatic N) is 2. The zero-order valence-electron chi connectivity index (χ0n) is 18.6. The normalized spacial score (nSPS) is 11.6. The quantitative estimate of drug-likeness (QED) is 0.331. The van der Waals surface area contributed by atoms with Gasteiger partial charge in [0.2, 0.25) is 0 Å². The standard InChI is InChI=1S/C25H26ClN3O3S/c1-3-16-29-22-7-5-4-6-21(22)27-25(29)15-10-18-8-12-20(13-9-18)28-33(30,31)24-17-19(26)11-14-23(24)32-2/h4-9,11-14,17,28H,3,10,15-16H2,1-2H3. The van der Waals surface area contributed by atoms with Crippen molar-refractivity contribution in [3.05, 3.63) is 83.1 Å². The van der Waals surface area contributed by atoms with E-state index >= 15 is 0 Å². The maximum Gasteiger partial charge on any atom is 0.265 e. The lowest BCUT2D eigenvalue weighted by Crippen LogP contribution is -2.14. The van der Waals surface area contributed by atoms with Crippen LogP contribution in [0.2, 0.25) is 5.02 Å². The fourth-order valence-corrected chi connectivity index (χ4v) is 5.35. The van der Waals surface area contributed by atoms with Gasteiger partial charge in [0.25, 0.3) is 10.0 Å². The number of rotatable bonds is 9. The van der Waals surface area contributed by atoms with E-state index in [1.54, 1.807) is 18.2 Å². The first-order chi connectivity index (χ1) is 15.9. The van der Waals surface area contributed by atoms with Crippen LogP contribution in [0.5, 0.6) is 5.75 Å². The van der Waals surface area contributed by atoms with E-state index in [1.807, 2.05) is 30.3 Å². The summed E-state index contributed by atoms with van der Waals surface area (Å²) in [6.45, 7) is 3.10. The molecule has 3 aromatic carbocycles. The molecule has 0 aliphatic heterocycles. The Bertz CT molecular complexity index is 1370. The van der Waals surface area contributed by atoms with E-state index in [-0.39, 0.29) is 10.6 Å². The lowest BCUT2D eigenvalue weighted by molar-refractivity contribution is 0.403. The molecule has 0 atom stereocenters. The van der Waals surface area contributed by atoms with Crippen LogP contribution in [0.25, 0.3) is 11.0 Å². The number of methoxy groups -OCH3 is 1. The van der Waals surface area contributed by atoms with Gasteiger partial charge in [-0.3, -0.25) is 4.72 Å². The molecule has 172 valence electrons. The van der Waals surface area contributed by atoms with Crippen molar-refractivity contribution in [3.63, 3.8) is 0 Å². The van der Waals surface area contributed by atoms with Crippen LogP contribution in [0.3, 0.4) is 0 Å². The fraction of sp³-hybridized carbons (Fsp3) is 0.240. The molecule has 0 radical (unpaired) electrons. The summed E-state index contributed by atoms with van der Waals surface area (Å²) in [5, 5.41) is 0.320. The molecule has 0 aliphatic carbocycles. The Kier molecular flexibility index (Phi) is 6.91. The molecule has 4 rings (SSSR count). The third-order valence-corrected chi connectivity index (χ3v) is 7.08. The Hall–Kier alpha value is -3.03. The number of imidazole rings is 1. The number of sulfonamides is 1. The predicted molar refractivity (Wildman–Crippen MR) is 133 cm³/mol. The molecule has 0 amide bonds. The summed E-state index contributed by atoms with van der Waals surface area (Å²) in [5.41, 5.74) is 3.75. The molecule has 0 bridgehead atoms. The highest BCUT2D eigenvalue weighted by molar-refractivity contribution is 7.92. The van der Waals surface area contributed by atoms with Crippen LogP contribution in [0, 0.1) is 0 Å². The summed E-state index contributed by atoms with van der Waals surface area (Å²) in [7, 11) is -2.42. The van der Waals surface area contributed by atoms with Crippen molar-refractivity contribution in [2.24, 2.45) is 0 Å². The van der Waals surface area contributed by atoms with E-state index in [0.717, 1.165) is 48.2 Å². The smallest absolute Gasteiger partial charge is 0.265 e. The van der Waals surface area contributed by atoms with Crippen molar-refractivity contribution in [1.82, 2.24) is 9.55 Å². The molecule has 8 heteroatoms. The highest BCUT2D eigenvalue weighted by Crippen LogP contribution is 2.29. The molecule has 33 heavy (non-hydrogen) atoms. The number of hydrogen-bond donors (Lipinski definition) is 1. The van der Waals surface area contributed by atoms with Gasteiger partial charge in [0.1, 0.15) is 16.5 Å². The molecule has 1 aromatic heterocycles. The molecule has 0 aliphatic rings. The topological polar surface area (TPSA) is 73.2 Å². The van der Waals surface area contributed by atoms with E-state index in [9.17, 15) is 8.42 Å². The predicted octanol–water partition coefficient (Wildman–Crippen LogP) is 5.69. The Morgan fingerprint density at radius 1 is 1.03 bits per heavy atom. The molecule has 0 fully saturated rings. The SMILES string of the molecule is CCCn1c(CCc2ccc(NS(=O)(=O)c3cc(Cl)ccc3OC)cc2)nc2ccccc21. The van der Waals surface area contributed by atoms with Gasteiger partial charge in [-0.15, -0.1) is 0 Å². The van der Waals surface area contributed by atoms with Crippen LogP contribution in [-0.2, 0) is 29.4 Å². The molecular formula is C25H26ClN3O3S. The van der Waals surface area contributed by atoms with Gasteiger partial charge >= 0.3 is 0 Å². The molecule has 1 N–H and O–H groups in total. The summed E-state index contributed by atoms with van der Waals surface area (Å²) < 4.78 is 35.8. The summed E-state index contributed by atoms with van der Waals surface area (Å²) in [6, 6.07) is 20.1. The molecule has 6 nitrogen and oxygen atoms in total. The van der Waals surface area contributed by atoms with Gasteiger partial charge in [0, 0.05) is 23.7 Å². The van der Waals surface area contributed by atoms with Crippen molar-refractivity contribution in [2.45, 2.75) is 37.6 Å². The highest BCUT2D eigenvalue weighted by atomic mass is 35.5. The zero-order valence-corrected chi connectivity index (χ0v) is 20.2. The van der Waals surface area contributed by atoms with E-state index in [2.05, 4.69) is 22.3 Å². The van der Waals surface area contributed by atoms with Gasteiger partial charge in [-0.25, -0.2) is 13.4 Å². The number of ether oxygens (including phenoxy) is 1. The van der Waals surface area contributed by atoms with Gasteiger partial charge in [-0.1, -0.05) is 42.8 Å². The first-order valence-electron chi connectivity index (χ1n) is 10.8. The van der Waals surface area contributed by atoms with Crippen LogP contribution in [0.4, 0.5) is 5.69 Å². The molecular weight excluding hydrogens is 458 g/mol. The number of fused-ring (bicyclic) bond motifs is 1. The van der Waals surface area contributed by atoms with Crippen LogP contribution >= 0.6 is 11.6 Å². The molecule has 4 aromatic rings. The van der Waals surface area contributed by atoms with Crippen molar-refractivity contribution in [3.8, 4) is 5.75 Å². The molecule has 0 saturated heterocycles. The maximum absolute atomic E-state index is 12.9. The van der Waals surface area contributed by atoms with Crippen molar-refractivity contribution >= 4 is 38.3 Å². The Balaban J connectivity index is 1.48. The molecule has 1 heterocycles. The lowest BCUT2D eigenvalue weighted by atomic mass is 10.1. The van der Waals surface area contributed by atoms with Gasteiger partial charge in [-0.2, -0.15) is 0 Å². The highest BCUT2D eigenvalue weighted by Gasteiger charge is 2.20. The second-order valence-corrected chi connectivity index (χ2v) is 9.85. The van der Waals surface area contributed by atoms with Crippen LogP contribution in [-0.4, -0.2) is 25.1 Å². The number of para-hydroxylation sites is 2. The molecule has 0 saturated carbocycles. The monoisotopic (exact) mass is 483 g/mol. The maximum atomic E-state index is 12.9. The molecule has 0 spiro atoms. The van der Waals surface area contributed by atoms with Crippen molar-refractivity contribution in [2.75, 3.05) is 11.8 Å². The second-order valence-electron chi connectivity index (χ2n) is 7.77. The minimum absolute atomic E-state index is 0.00333.